The molecule has 2 fully saturated rings. The molecule has 206 valence electrons. The van der Waals surface area contributed by atoms with Crippen molar-refractivity contribution in [2.75, 3.05) is 0 Å². The molecule has 2 aromatic carbocycles. The van der Waals surface area contributed by atoms with E-state index in [1.165, 1.54) is 17.4 Å². The summed E-state index contributed by atoms with van der Waals surface area (Å²) in [6, 6.07) is 19.5. The first-order valence-electron chi connectivity index (χ1n) is 14.6. The van der Waals surface area contributed by atoms with Crippen LogP contribution in [0.5, 0.6) is 0 Å². The van der Waals surface area contributed by atoms with E-state index in [4.69, 9.17) is 9.52 Å². The van der Waals surface area contributed by atoms with E-state index in [9.17, 15) is 9.59 Å². The molecule has 0 bridgehead atoms. The van der Waals surface area contributed by atoms with E-state index in [0.717, 1.165) is 80.0 Å². The zero-order valence-electron chi connectivity index (χ0n) is 22.8. The monoisotopic (exact) mass is 536 g/mol. The highest BCUT2D eigenvalue weighted by molar-refractivity contribution is 6.03. The van der Waals surface area contributed by atoms with E-state index in [2.05, 4.69) is 5.32 Å². The van der Waals surface area contributed by atoms with Gasteiger partial charge in [-0.15, -0.1) is 0 Å². The number of benzene rings is 2. The van der Waals surface area contributed by atoms with Gasteiger partial charge in [0.15, 0.2) is 5.76 Å². The molecule has 7 heteroatoms. The lowest BCUT2D eigenvalue weighted by molar-refractivity contribution is -0.125. The molecule has 2 aliphatic carbocycles. The van der Waals surface area contributed by atoms with Crippen molar-refractivity contribution in [2.24, 2.45) is 0 Å². The van der Waals surface area contributed by atoms with Crippen LogP contribution in [0.25, 0.3) is 34.2 Å². The topological polar surface area (TPSA) is 80.4 Å². The lowest BCUT2D eigenvalue weighted by Crippen LogP contribution is -2.52. The van der Waals surface area contributed by atoms with Crippen molar-refractivity contribution in [3.8, 4) is 17.1 Å². The first-order chi connectivity index (χ1) is 19.7. The molecule has 2 aliphatic rings. The predicted molar refractivity (Wildman–Crippen MR) is 157 cm³/mol. The van der Waals surface area contributed by atoms with Crippen LogP contribution in [0.1, 0.15) is 69.8 Å². The highest BCUT2D eigenvalue weighted by Crippen LogP contribution is 2.31. The smallest absolute Gasteiger partial charge is 0.324 e. The summed E-state index contributed by atoms with van der Waals surface area (Å²) in [6.07, 6.45) is 15.5. The van der Waals surface area contributed by atoms with Crippen LogP contribution in [0.2, 0.25) is 0 Å². The van der Waals surface area contributed by atoms with Gasteiger partial charge in [0.2, 0.25) is 0 Å². The van der Waals surface area contributed by atoms with Gasteiger partial charge in [-0.1, -0.05) is 74.9 Å². The Kier molecular flexibility index (Phi) is 7.80. The summed E-state index contributed by atoms with van der Waals surface area (Å²) in [5.41, 5.74) is 3.06. The molecule has 4 aromatic rings. The van der Waals surface area contributed by atoms with E-state index >= 15 is 0 Å². The van der Waals surface area contributed by atoms with Crippen molar-refractivity contribution < 1.29 is 14.0 Å². The van der Waals surface area contributed by atoms with Gasteiger partial charge in [-0.2, -0.15) is 5.10 Å². The Hall–Kier alpha value is -4.13. The molecular formula is C33H36N4O3. The molecule has 0 radical (unpaired) electrons. The molecule has 1 N–H and O–H groups in total. The molecule has 2 aromatic heterocycles. The molecule has 0 unspecified atom stereocenters. The van der Waals surface area contributed by atoms with Gasteiger partial charge in [0.25, 0.3) is 5.91 Å². The van der Waals surface area contributed by atoms with E-state index in [0.29, 0.717) is 11.5 Å². The normalized spacial score (nSPS) is 16.9. The zero-order chi connectivity index (χ0) is 27.3. The molecule has 3 amide bonds. The lowest BCUT2D eigenvalue weighted by atomic mass is 9.93. The fourth-order valence-corrected chi connectivity index (χ4v) is 6.03. The number of aromatic nitrogens is 2. The summed E-state index contributed by atoms with van der Waals surface area (Å²) in [5, 5.41) is 9.00. The Morgan fingerprint density at radius 1 is 0.900 bits per heavy atom. The first-order valence-corrected chi connectivity index (χ1v) is 14.6. The van der Waals surface area contributed by atoms with E-state index in [1.807, 2.05) is 66.9 Å². The van der Waals surface area contributed by atoms with Gasteiger partial charge < -0.3 is 9.73 Å². The molecule has 0 saturated heterocycles. The van der Waals surface area contributed by atoms with Crippen LogP contribution in [-0.4, -0.2) is 38.7 Å². The zero-order valence-corrected chi connectivity index (χ0v) is 22.8. The van der Waals surface area contributed by atoms with Crippen LogP contribution in [0.4, 0.5) is 4.79 Å². The van der Waals surface area contributed by atoms with Crippen LogP contribution in [-0.2, 0) is 4.79 Å². The van der Waals surface area contributed by atoms with Gasteiger partial charge in [-0.25, -0.2) is 9.48 Å². The van der Waals surface area contributed by atoms with E-state index in [-0.39, 0.29) is 24.0 Å². The maximum absolute atomic E-state index is 13.7. The van der Waals surface area contributed by atoms with Gasteiger partial charge in [-0.3, -0.25) is 9.69 Å². The van der Waals surface area contributed by atoms with Crippen LogP contribution in [0.3, 0.4) is 0 Å². The molecule has 40 heavy (non-hydrogen) atoms. The summed E-state index contributed by atoms with van der Waals surface area (Å²) in [6.45, 7) is 0. The van der Waals surface area contributed by atoms with Crippen molar-refractivity contribution >= 4 is 29.0 Å². The number of imide groups is 1. The number of furan rings is 1. The number of urea groups is 1. The van der Waals surface area contributed by atoms with Crippen LogP contribution in [0.15, 0.2) is 77.4 Å². The van der Waals surface area contributed by atoms with E-state index < -0.39 is 0 Å². The summed E-state index contributed by atoms with van der Waals surface area (Å²) < 4.78 is 7.94. The molecule has 0 aliphatic heterocycles. The quantitative estimate of drug-likeness (QED) is 0.259. The Labute approximate surface area is 234 Å². The minimum atomic E-state index is -0.289. The van der Waals surface area contributed by atoms with Crippen molar-refractivity contribution in [1.29, 1.82) is 0 Å². The average molecular weight is 537 g/mol. The maximum atomic E-state index is 13.7. The molecule has 0 atom stereocenters. The molecule has 2 saturated carbocycles. The fraction of sp³-hybridized carbons (Fsp3) is 0.364. The Bertz CT molecular complexity index is 1460. The van der Waals surface area contributed by atoms with Gasteiger partial charge >= 0.3 is 6.03 Å². The SMILES string of the molecule is O=C(C=Cc1cn(-c2ccccc2)nc1-c1cc2ccccc2o1)N(C(=O)NC1CCCCC1)C1CCCCC1. The van der Waals surface area contributed by atoms with Crippen molar-refractivity contribution in [2.45, 2.75) is 76.3 Å². The Morgan fingerprint density at radius 2 is 1.60 bits per heavy atom. The van der Waals surface area contributed by atoms with Crippen LogP contribution >= 0.6 is 0 Å². The number of carbonyl (C=O) groups excluding carboxylic acids is 2. The van der Waals surface area contributed by atoms with Gasteiger partial charge in [0, 0.05) is 35.3 Å². The van der Waals surface area contributed by atoms with Crippen molar-refractivity contribution in [3.63, 3.8) is 0 Å². The average Bonchev–Trinajstić information content (AvgIpc) is 3.62. The van der Waals surface area contributed by atoms with Gasteiger partial charge in [-0.05, 0) is 56.0 Å². The third kappa shape index (κ3) is 5.74. The molecule has 0 spiro atoms. The maximum Gasteiger partial charge on any atom is 0.324 e. The first kappa shape index (κ1) is 26.1. The van der Waals surface area contributed by atoms with E-state index in [1.54, 1.807) is 10.8 Å². The lowest BCUT2D eigenvalue weighted by Gasteiger charge is -2.34. The number of nitrogens with zero attached hydrogens (tertiary/aromatic N) is 3. The number of hydrogen-bond donors (Lipinski definition) is 1. The van der Waals surface area contributed by atoms with Gasteiger partial charge in [0.1, 0.15) is 11.3 Å². The number of amides is 3. The Balaban J connectivity index is 1.31. The molecule has 7 nitrogen and oxygen atoms in total. The number of hydrogen-bond acceptors (Lipinski definition) is 4. The third-order valence-electron chi connectivity index (χ3n) is 8.16. The highest BCUT2D eigenvalue weighted by Gasteiger charge is 2.31. The standard InChI is InChI=1S/C33H36N4O3/c38-31(37(28-17-8-3-9-18-28)33(39)34-26-13-4-1-5-14-26)21-20-25-23-36(27-15-6-2-7-16-27)35-32(25)30-22-24-12-10-11-19-29(24)40-30/h2,6-7,10-12,15-16,19-23,26,28H,1,3-5,8-9,13-14,17-18H2,(H,34,39). The summed E-state index contributed by atoms with van der Waals surface area (Å²) >= 11 is 0. The fourth-order valence-electron chi connectivity index (χ4n) is 6.03. The highest BCUT2D eigenvalue weighted by atomic mass is 16.3. The minimum absolute atomic E-state index is 0.0728. The van der Waals surface area contributed by atoms with Crippen molar-refractivity contribution in [3.05, 3.63) is 78.5 Å². The summed E-state index contributed by atoms with van der Waals surface area (Å²) in [4.78, 5) is 28.6. The predicted octanol–water partition coefficient (Wildman–Crippen LogP) is 7.50. The molecular weight excluding hydrogens is 500 g/mol. The number of nitrogens with one attached hydrogen (secondary N) is 1. The van der Waals surface area contributed by atoms with Crippen LogP contribution < -0.4 is 5.32 Å². The second-order valence-corrected chi connectivity index (χ2v) is 11.0. The Morgan fingerprint density at radius 3 is 2.35 bits per heavy atom. The molecule has 2 heterocycles. The number of fused-ring (bicyclic) bond motifs is 1. The van der Waals surface area contributed by atoms with Crippen LogP contribution in [0, 0.1) is 0 Å². The summed E-state index contributed by atoms with van der Waals surface area (Å²) in [7, 11) is 0. The summed E-state index contributed by atoms with van der Waals surface area (Å²) in [5.74, 6) is 0.338. The minimum Gasteiger partial charge on any atom is -0.454 e. The molecule has 6 rings (SSSR count). The number of para-hydroxylation sites is 2. The second kappa shape index (κ2) is 11.9. The number of carbonyl (C=O) groups is 2. The third-order valence-corrected chi connectivity index (χ3v) is 8.16. The van der Waals surface area contributed by atoms with Gasteiger partial charge in [0.05, 0.1) is 5.69 Å². The number of rotatable bonds is 6. The van der Waals surface area contributed by atoms with Crippen molar-refractivity contribution in [1.82, 2.24) is 20.0 Å². The largest absolute Gasteiger partial charge is 0.454 e. The second-order valence-electron chi connectivity index (χ2n) is 11.0.